The highest BCUT2D eigenvalue weighted by atomic mass is 16.5. The lowest BCUT2D eigenvalue weighted by Crippen LogP contribution is -1.91. The van der Waals surface area contributed by atoms with Crippen molar-refractivity contribution in [1.82, 2.24) is 19.3 Å². The highest BCUT2D eigenvalue weighted by Gasteiger charge is 2.16. The monoisotopic (exact) mass is 340 g/mol. The van der Waals surface area contributed by atoms with Crippen LogP contribution >= 0.6 is 0 Å². The molecule has 1 aliphatic rings. The van der Waals surface area contributed by atoms with Gasteiger partial charge in [0.15, 0.2) is 11.6 Å². The van der Waals surface area contributed by atoms with Gasteiger partial charge in [0.1, 0.15) is 12.0 Å². The topological polar surface area (TPSA) is 44.9 Å². The molecule has 0 fully saturated rings. The van der Waals surface area contributed by atoms with Gasteiger partial charge < -0.3 is 9.30 Å². The minimum absolute atomic E-state index is 0.661. The predicted octanol–water partition coefficient (Wildman–Crippen LogP) is 4.43. The third-order valence-corrected chi connectivity index (χ3v) is 4.51. The number of aryl methyl sites for hydroxylation is 1. The van der Waals surface area contributed by atoms with E-state index in [1.165, 1.54) is 10.9 Å². The highest BCUT2D eigenvalue weighted by Crippen LogP contribution is 2.31. The number of hydrogen-bond acceptors (Lipinski definition) is 3. The first-order chi connectivity index (χ1) is 12.8. The molecule has 0 saturated heterocycles. The Morgan fingerprint density at radius 2 is 1.85 bits per heavy atom. The fourth-order valence-corrected chi connectivity index (χ4v) is 3.28. The van der Waals surface area contributed by atoms with Crippen molar-refractivity contribution < 1.29 is 4.74 Å². The molecule has 0 saturated carbocycles. The van der Waals surface area contributed by atoms with Gasteiger partial charge in [0, 0.05) is 29.7 Å². The summed E-state index contributed by atoms with van der Waals surface area (Å²) in [6.07, 6.45) is 9.52. The van der Waals surface area contributed by atoms with E-state index in [0.29, 0.717) is 5.82 Å². The molecule has 1 aliphatic heterocycles. The number of fused-ring (bicyclic) bond motifs is 4. The molecule has 126 valence electrons. The third-order valence-electron chi connectivity index (χ3n) is 4.51. The molecule has 0 unspecified atom stereocenters. The van der Waals surface area contributed by atoms with E-state index in [0.717, 1.165) is 22.7 Å². The van der Waals surface area contributed by atoms with E-state index >= 15 is 0 Å². The zero-order valence-corrected chi connectivity index (χ0v) is 14.2. The predicted molar refractivity (Wildman–Crippen MR) is 103 cm³/mol. The Morgan fingerprint density at radius 3 is 2.81 bits per heavy atom. The molecule has 0 spiro atoms. The molecule has 26 heavy (non-hydrogen) atoms. The number of ether oxygens (including phenoxy) is 1. The Bertz CT molecular complexity index is 1180. The lowest BCUT2D eigenvalue weighted by atomic mass is 10.1. The molecule has 2 aromatic carbocycles. The zero-order valence-electron chi connectivity index (χ0n) is 14.2. The Morgan fingerprint density at radius 1 is 1.00 bits per heavy atom. The number of aromatic nitrogens is 4. The van der Waals surface area contributed by atoms with E-state index in [1.807, 2.05) is 30.3 Å². The number of benzene rings is 2. The first-order valence-corrected chi connectivity index (χ1v) is 8.41. The van der Waals surface area contributed by atoms with Gasteiger partial charge >= 0.3 is 0 Å². The average Bonchev–Trinajstić information content (AvgIpc) is 3.17. The fourth-order valence-electron chi connectivity index (χ4n) is 3.28. The van der Waals surface area contributed by atoms with Crippen LogP contribution in [0.1, 0.15) is 11.4 Å². The summed E-state index contributed by atoms with van der Waals surface area (Å²) in [4.78, 5) is 4.68. The second-order valence-corrected chi connectivity index (χ2v) is 6.18. The molecule has 0 aliphatic carbocycles. The van der Waals surface area contributed by atoms with Gasteiger partial charge in [-0.1, -0.05) is 30.3 Å². The summed E-state index contributed by atoms with van der Waals surface area (Å²) in [5.74, 6) is 2.21. The maximum atomic E-state index is 5.61. The van der Waals surface area contributed by atoms with Crippen molar-refractivity contribution in [2.45, 2.75) is 0 Å². The molecule has 0 amide bonds. The summed E-state index contributed by atoms with van der Waals surface area (Å²) in [6, 6.07) is 16.2. The molecule has 0 N–H and O–H groups in total. The highest BCUT2D eigenvalue weighted by molar-refractivity contribution is 5.91. The molecule has 0 atom stereocenters. The van der Waals surface area contributed by atoms with Crippen LogP contribution in [0.5, 0.6) is 5.75 Å². The lowest BCUT2D eigenvalue weighted by molar-refractivity contribution is 0.487. The van der Waals surface area contributed by atoms with Crippen LogP contribution < -0.4 is 4.74 Å². The average molecular weight is 340 g/mol. The first-order valence-electron chi connectivity index (χ1n) is 8.41. The van der Waals surface area contributed by atoms with Crippen LogP contribution in [0.15, 0.2) is 61.0 Å². The van der Waals surface area contributed by atoms with E-state index in [4.69, 9.17) is 4.74 Å². The molecule has 5 rings (SSSR count). The van der Waals surface area contributed by atoms with Crippen molar-refractivity contribution in [3.05, 3.63) is 72.4 Å². The van der Waals surface area contributed by atoms with Crippen molar-refractivity contribution in [2.75, 3.05) is 0 Å². The van der Waals surface area contributed by atoms with Crippen molar-refractivity contribution in [1.29, 1.82) is 0 Å². The number of para-hydroxylation sites is 2. The van der Waals surface area contributed by atoms with Gasteiger partial charge in [0.25, 0.3) is 0 Å². The summed E-state index contributed by atoms with van der Waals surface area (Å²) >= 11 is 0. The molecule has 4 aromatic rings. The molecule has 0 bridgehead atoms. The number of hydrogen-bond donors (Lipinski definition) is 0. The van der Waals surface area contributed by atoms with Gasteiger partial charge in [-0.05, 0) is 30.4 Å². The van der Waals surface area contributed by atoms with Gasteiger partial charge in [-0.3, -0.25) is 0 Å². The molecule has 5 heteroatoms. The van der Waals surface area contributed by atoms with Crippen LogP contribution in [0.2, 0.25) is 0 Å². The zero-order chi connectivity index (χ0) is 17.5. The van der Waals surface area contributed by atoms with Gasteiger partial charge in [-0.15, -0.1) is 5.10 Å². The van der Waals surface area contributed by atoms with Crippen LogP contribution in [0.25, 0.3) is 40.6 Å². The standard InChI is InChI=1S/C21H16N4O/c1-24-14-15(16-6-2-4-8-18(16)24)10-11-20-22-21-17-7-3-5-9-19(17)26-13-12-25(21)23-20/h2-14H,1H3/b11-10+. The van der Waals surface area contributed by atoms with Crippen LogP contribution in [-0.4, -0.2) is 19.3 Å². The van der Waals surface area contributed by atoms with Gasteiger partial charge in [0.05, 0.1) is 11.8 Å². The van der Waals surface area contributed by atoms with E-state index in [2.05, 4.69) is 58.2 Å². The maximum Gasteiger partial charge on any atom is 0.175 e. The minimum atomic E-state index is 0.661. The second kappa shape index (κ2) is 5.74. The number of nitrogens with zero attached hydrogens (tertiary/aromatic N) is 4. The van der Waals surface area contributed by atoms with Crippen molar-refractivity contribution >= 4 is 29.3 Å². The molecular formula is C21H16N4O. The summed E-state index contributed by atoms with van der Waals surface area (Å²) in [5.41, 5.74) is 3.27. The normalized spacial score (nSPS) is 12.8. The SMILES string of the molecule is Cn1cc(/C=C/c2nc3n(n2)C=COc2ccccc2-3)c2ccccc21. The minimum Gasteiger partial charge on any atom is -0.463 e. The number of rotatable bonds is 2. The fraction of sp³-hybridized carbons (Fsp3) is 0.0476. The molecule has 2 aromatic heterocycles. The lowest BCUT2D eigenvalue weighted by Gasteiger charge is -2.02. The first kappa shape index (κ1) is 14.7. The van der Waals surface area contributed by atoms with Crippen molar-refractivity contribution in [2.24, 2.45) is 7.05 Å². The van der Waals surface area contributed by atoms with Crippen molar-refractivity contribution in [3.8, 4) is 17.1 Å². The van der Waals surface area contributed by atoms with E-state index in [-0.39, 0.29) is 0 Å². The van der Waals surface area contributed by atoms with Crippen LogP contribution in [0, 0.1) is 0 Å². The maximum absolute atomic E-state index is 5.61. The molecule has 5 nitrogen and oxygen atoms in total. The van der Waals surface area contributed by atoms with E-state index < -0.39 is 0 Å². The molecule has 0 radical (unpaired) electrons. The molecule has 3 heterocycles. The van der Waals surface area contributed by atoms with Crippen LogP contribution in [0.3, 0.4) is 0 Å². The Hall–Kier alpha value is -3.60. The van der Waals surface area contributed by atoms with Crippen molar-refractivity contribution in [3.63, 3.8) is 0 Å². The second-order valence-electron chi connectivity index (χ2n) is 6.18. The van der Waals surface area contributed by atoms with Gasteiger partial charge in [0.2, 0.25) is 0 Å². The largest absolute Gasteiger partial charge is 0.463 e. The summed E-state index contributed by atoms with van der Waals surface area (Å²) in [6.45, 7) is 0. The van der Waals surface area contributed by atoms with Gasteiger partial charge in [-0.2, -0.15) is 0 Å². The Kier molecular flexibility index (Phi) is 3.25. The third kappa shape index (κ3) is 2.33. The van der Waals surface area contributed by atoms with Crippen LogP contribution in [-0.2, 0) is 7.05 Å². The summed E-state index contributed by atoms with van der Waals surface area (Å²) < 4.78 is 9.48. The summed E-state index contributed by atoms with van der Waals surface area (Å²) in [5, 5.41) is 5.77. The quantitative estimate of drug-likeness (QED) is 0.542. The molecular weight excluding hydrogens is 324 g/mol. The van der Waals surface area contributed by atoms with E-state index in [9.17, 15) is 0 Å². The van der Waals surface area contributed by atoms with Gasteiger partial charge in [-0.25, -0.2) is 9.67 Å². The van der Waals surface area contributed by atoms with Crippen LogP contribution in [0.4, 0.5) is 0 Å². The Balaban J connectivity index is 1.56. The summed E-state index contributed by atoms with van der Waals surface area (Å²) in [7, 11) is 2.05. The smallest absolute Gasteiger partial charge is 0.175 e. The Labute approximate surface area is 150 Å². The van der Waals surface area contributed by atoms with E-state index in [1.54, 1.807) is 17.1 Å².